The predicted octanol–water partition coefficient (Wildman–Crippen LogP) is 5.25. The second-order valence-electron chi connectivity index (χ2n) is 9.95. The van der Waals surface area contributed by atoms with Crippen molar-refractivity contribution in [3.63, 3.8) is 0 Å². The Kier molecular flexibility index (Phi) is 6.90. The maximum absolute atomic E-state index is 11.1. The van der Waals surface area contributed by atoms with Crippen LogP contribution in [0.25, 0.3) is 5.69 Å². The predicted molar refractivity (Wildman–Crippen MR) is 141 cm³/mol. The van der Waals surface area contributed by atoms with Crippen molar-refractivity contribution >= 4 is 17.6 Å². The zero-order valence-corrected chi connectivity index (χ0v) is 22.3. The number of fused-ring (bicyclic) bond motifs is 3. The van der Waals surface area contributed by atoms with Crippen molar-refractivity contribution in [2.75, 3.05) is 14.2 Å². The molecule has 0 saturated carbocycles. The van der Waals surface area contributed by atoms with Gasteiger partial charge in [0, 0.05) is 34.0 Å². The first-order valence-corrected chi connectivity index (χ1v) is 12.5. The van der Waals surface area contributed by atoms with Crippen molar-refractivity contribution in [1.82, 2.24) is 19.6 Å². The molecule has 0 unspecified atom stereocenters. The Morgan fingerprint density at radius 2 is 1.95 bits per heavy atom. The second kappa shape index (κ2) is 10.2. The summed E-state index contributed by atoms with van der Waals surface area (Å²) in [7, 11) is 3.22. The molecule has 0 bridgehead atoms. The Morgan fingerprint density at radius 1 is 1.13 bits per heavy atom. The van der Waals surface area contributed by atoms with Crippen molar-refractivity contribution in [2.45, 2.75) is 39.0 Å². The summed E-state index contributed by atoms with van der Waals surface area (Å²) >= 11 is 6.51. The van der Waals surface area contributed by atoms with E-state index in [1.807, 2.05) is 54.7 Å². The summed E-state index contributed by atoms with van der Waals surface area (Å²) in [6.45, 7) is 4.63. The maximum atomic E-state index is 11.1. The molecule has 4 aromatic rings. The maximum Gasteiger partial charge on any atom is 0.309 e. The summed E-state index contributed by atoms with van der Waals surface area (Å²) in [6.07, 6.45) is 2.56. The van der Waals surface area contributed by atoms with Gasteiger partial charge < -0.3 is 23.9 Å². The van der Waals surface area contributed by atoms with Crippen molar-refractivity contribution < 1.29 is 24.1 Å². The van der Waals surface area contributed by atoms with Crippen LogP contribution in [0.15, 0.2) is 60.9 Å². The average Bonchev–Trinajstić information content (AvgIpc) is 3.50. The fraction of sp³-hybridized carbons (Fsp3) is 0.321. The van der Waals surface area contributed by atoms with Crippen LogP contribution in [0.4, 0.5) is 0 Å². The van der Waals surface area contributed by atoms with Gasteiger partial charge >= 0.3 is 5.97 Å². The minimum atomic E-state index is -0.951. The molecular formula is C28H29ClN4O5. The Bertz CT molecular complexity index is 1480. The summed E-state index contributed by atoms with van der Waals surface area (Å²) in [5.74, 6) is 0.238. The third kappa shape index (κ3) is 4.75. The molecule has 0 aliphatic carbocycles. The van der Waals surface area contributed by atoms with Gasteiger partial charge in [0.05, 0.1) is 44.3 Å². The number of rotatable bonds is 8. The average molecular weight is 537 g/mol. The van der Waals surface area contributed by atoms with E-state index >= 15 is 0 Å². The molecule has 1 aliphatic heterocycles. The number of halogens is 1. The molecule has 0 saturated heterocycles. The van der Waals surface area contributed by atoms with Crippen LogP contribution >= 0.6 is 11.6 Å². The first kappa shape index (κ1) is 25.8. The van der Waals surface area contributed by atoms with Crippen molar-refractivity contribution in [3.05, 3.63) is 88.5 Å². The van der Waals surface area contributed by atoms with Crippen molar-refractivity contribution in [3.8, 4) is 17.2 Å². The molecule has 1 N–H and O–H groups in total. The summed E-state index contributed by atoms with van der Waals surface area (Å²) in [5.41, 5.74) is 3.52. The Labute approximate surface area is 225 Å². The second-order valence-corrected chi connectivity index (χ2v) is 10.4. The zero-order valence-electron chi connectivity index (χ0n) is 21.6. The lowest BCUT2D eigenvalue weighted by Crippen LogP contribution is -2.31. The standard InChI is InChI=1S/C28H29ClN4O5/c1-28(2,16-32-15-18(30-31-32)14-24(34)35)27-22-8-6-12-33(22)21-11-10-17(29)13-20(21)25(38-27)19-7-5-9-23(36-3)26(19)37-4/h5-13,15,25,27H,14,16H2,1-4H3,(H,34,35)/t25-,27+/m1/s1. The molecule has 2 aromatic carbocycles. The highest BCUT2D eigenvalue weighted by Gasteiger charge is 2.41. The van der Waals surface area contributed by atoms with E-state index < -0.39 is 23.6 Å². The van der Waals surface area contributed by atoms with Crippen LogP contribution < -0.4 is 9.47 Å². The number of methoxy groups -OCH3 is 2. The molecule has 5 rings (SSSR count). The molecule has 2 atom stereocenters. The van der Waals surface area contributed by atoms with E-state index in [4.69, 9.17) is 30.9 Å². The lowest BCUT2D eigenvalue weighted by molar-refractivity contribution is -0.136. The summed E-state index contributed by atoms with van der Waals surface area (Å²) < 4.78 is 22.2. The number of hydrogen-bond acceptors (Lipinski definition) is 6. The van der Waals surface area contributed by atoms with Gasteiger partial charge in [0.15, 0.2) is 11.5 Å². The smallest absolute Gasteiger partial charge is 0.309 e. The minimum absolute atomic E-state index is 0.184. The number of aromatic nitrogens is 4. The first-order chi connectivity index (χ1) is 18.2. The van der Waals surface area contributed by atoms with E-state index in [1.54, 1.807) is 25.1 Å². The highest BCUT2D eigenvalue weighted by Crippen LogP contribution is 2.50. The number of carbonyl (C=O) groups is 1. The number of benzene rings is 2. The molecule has 1 aliphatic rings. The number of carboxylic acids is 1. The third-order valence-electron chi connectivity index (χ3n) is 6.77. The van der Waals surface area contributed by atoms with Gasteiger partial charge in [-0.05, 0) is 36.4 Å². The van der Waals surface area contributed by atoms with Gasteiger partial charge in [-0.1, -0.05) is 42.8 Å². The fourth-order valence-electron chi connectivity index (χ4n) is 5.16. The van der Waals surface area contributed by atoms with Gasteiger partial charge in [0.25, 0.3) is 0 Å². The number of carboxylic acid groups (broad SMARTS) is 1. The normalized spacial score (nSPS) is 16.9. The Hall–Kier alpha value is -3.82. The molecule has 3 heterocycles. The highest BCUT2D eigenvalue weighted by molar-refractivity contribution is 6.30. The molecule has 10 heteroatoms. The molecule has 2 aromatic heterocycles. The fourth-order valence-corrected chi connectivity index (χ4v) is 5.34. The van der Waals surface area contributed by atoms with Crippen molar-refractivity contribution in [1.29, 1.82) is 0 Å². The van der Waals surface area contributed by atoms with Gasteiger partial charge in [-0.25, -0.2) is 0 Å². The number of aliphatic carboxylic acids is 1. The number of hydrogen-bond donors (Lipinski definition) is 1. The number of nitrogens with zero attached hydrogens (tertiary/aromatic N) is 4. The van der Waals surface area contributed by atoms with E-state index in [1.165, 1.54) is 0 Å². The molecule has 198 valence electrons. The number of ether oxygens (including phenoxy) is 3. The third-order valence-corrected chi connectivity index (χ3v) is 7.00. The Morgan fingerprint density at radius 3 is 2.68 bits per heavy atom. The van der Waals surface area contributed by atoms with E-state index in [0.717, 1.165) is 22.5 Å². The van der Waals surface area contributed by atoms with Gasteiger partial charge in [-0.15, -0.1) is 5.10 Å². The molecule has 38 heavy (non-hydrogen) atoms. The quantitative estimate of drug-likeness (QED) is 0.328. The SMILES string of the molecule is COc1cccc([C@H]2O[C@H](C(C)(C)Cn3cc(CC(=O)O)nn3)c3cccn3-c3ccc(Cl)cc32)c1OC. The molecule has 0 radical (unpaired) electrons. The van der Waals surface area contributed by atoms with Crippen LogP contribution in [-0.4, -0.2) is 44.9 Å². The number of para-hydroxylation sites is 1. The minimum Gasteiger partial charge on any atom is -0.493 e. The topological polar surface area (TPSA) is 101 Å². The molecule has 9 nitrogen and oxygen atoms in total. The molecule has 0 fully saturated rings. The molecule has 0 amide bonds. The summed E-state index contributed by atoms with van der Waals surface area (Å²) in [4.78, 5) is 11.1. The van der Waals surface area contributed by atoms with Crippen LogP contribution in [0, 0.1) is 5.41 Å². The molecular weight excluding hydrogens is 508 g/mol. The van der Waals surface area contributed by atoms with E-state index in [2.05, 4.69) is 28.7 Å². The van der Waals surface area contributed by atoms with Crippen LogP contribution in [0.5, 0.6) is 11.5 Å². The Balaban J connectivity index is 1.63. The van der Waals surface area contributed by atoms with Crippen molar-refractivity contribution in [2.24, 2.45) is 5.41 Å². The summed E-state index contributed by atoms with van der Waals surface area (Å²) in [6, 6.07) is 15.6. The lowest BCUT2D eigenvalue weighted by atomic mass is 9.84. The van der Waals surface area contributed by atoms with Crippen LogP contribution in [-0.2, 0) is 22.5 Å². The van der Waals surface area contributed by atoms with E-state index in [9.17, 15) is 4.79 Å². The van der Waals surface area contributed by atoms with E-state index in [-0.39, 0.29) is 6.42 Å². The monoisotopic (exact) mass is 536 g/mol. The zero-order chi connectivity index (χ0) is 27.0. The van der Waals surface area contributed by atoms with Gasteiger partial charge in [0.1, 0.15) is 12.2 Å². The van der Waals surface area contributed by atoms with E-state index in [0.29, 0.717) is 28.8 Å². The van der Waals surface area contributed by atoms with Crippen LogP contribution in [0.3, 0.4) is 0 Å². The highest BCUT2D eigenvalue weighted by atomic mass is 35.5. The van der Waals surface area contributed by atoms with Gasteiger partial charge in [-0.2, -0.15) is 0 Å². The van der Waals surface area contributed by atoms with Crippen LogP contribution in [0.2, 0.25) is 5.02 Å². The summed E-state index contributed by atoms with van der Waals surface area (Å²) in [5, 5.41) is 17.9. The molecule has 0 spiro atoms. The lowest BCUT2D eigenvalue weighted by Gasteiger charge is -2.36. The first-order valence-electron chi connectivity index (χ1n) is 12.2. The van der Waals surface area contributed by atoms with Crippen LogP contribution in [0.1, 0.15) is 48.6 Å². The largest absolute Gasteiger partial charge is 0.493 e. The van der Waals surface area contributed by atoms with Gasteiger partial charge in [0.2, 0.25) is 0 Å². The van der Waals surface area contributed by atoms with Gasteiger partial charge in [-0.3, -0.25) is 9.48 Å².